The Labute approximate surface area is 141 Å². The SMILES string of the molecule is CC(NC1CC1)C(=O)N1CCC(c2c[nH]c3cc(F)ccc23)CC1. The summed E-state index contributed by atoms with van der Waals surface area (Å²) in [6.45, 7) is 3.57. The van der Waals surface area contributed by atoms with Gasteiger partial charge in [-0.3, -0.25) is 4.79 Å². The van der Waals surface area contributed by atoms with Crippen molar-refractivity contribution in [3.05, 3.63) is 35.8 Å². The number of piperidine rings is 1. The Kier molecular flexibility index (Phi) is 4.04. The topological polar surface area (TPSA) is 48.1 Å². The first-order chi connectivity index (χ1) is 11.6. The smallest absolute Gasteiger partial charge is 0.239 e. The average Bonchev–Trinajstić information content (AvgIpc) is 3.31. The summed E-state index contributed by atoms with van der Waals surface area (Å²) in [5, 5.41) is 4.49. The quantitative estimate of drug-likeness (QED) is 0.905. The fraction of sp³-hybridized carbons (Fsp3) is 0.526. The lowest BCUT2D eigenvalue weighted by Gasteiger charge is -2.33. The number of carbonyl (C=O) groups is 1. The average molecular weight is 329 g/mol. The monoisotopic (exact) mass is 329 g/mol. The number of aromatic nitrogens is 1. The first-order valence-corrected chi connectivity index (χ1v) is 8.93. The van der Waals surface area contributed by atoms with Crippen molar-refractivity contribution >= 4 is 16.8 Å². The van der Waals surface area contributed by atoms with Crippen LogP contribution >= 0.6 is 0 Å². The number of fused-ring (bicyclic) bond motifs is 1. The highest BCUT2D eigenvalue weighted by atomic mass is 19.1. The van der Waals surface area contributed by atoms with Gasteiger partial charge in [0.2, 0.25) is 5.91 Å². The van der Waals surface area contributed by atoms with Crippen molar-refractivity contribution in [2.75, 3.05) is 13.1 Å². The fourth-order valence-corrected chi connectivity index (χ4v) is 3.82. The lowest BCUT2D eigenvalue weighted by atomic mass is 9.89. The third-order valence-corrected chi connectivity index (χ3v) is 5.36. The van der Waals surface area contributed by atoms with Gasteiger partial charge in [-0.05, 0) is 62.3 Å². The summed E-state index contributed by atoms with van der Waals surface area (Å²) in [5.74, 6) is 0.440. The van der Waals surface area contributed by atoms with Crippen LogP contribution in [0.15, 0.2) is 24.4 Å². The van der Waals surface area contributed by atoms with Gasteiger partial charge in [-0.1, -0.05) is 0 Å². The molecule has 0 spiro atoms. The third kappa shape index (κ3) is 3.05. The molecule has 1 aliphatic heterocycles. The highest BCUT2D eigenvalue weighted by Gasteiger charge is 2.30. The Morgan fingerprint density at radius 2 is 2.04 bits per heavy atom. The molecule has 2 heterocycles. The summed E-state index contributed by atoms with van der Waals surface area (Å²) in [6.07, 6.45) is 6.32. The first-order valence-electron chi connectivity index (χ1n) is 8.93. The van der Waals surface area contributed by atoms with Crippen LogP contribution in [0, 0.1) is 5.82 Å². The van der Waals surface area contributed by atoms with Crippen LogP contribution in [0.1, 0.15) is 44.1 Å². The van der Waals surface area contributed by atoms with Crippen LogP contribution in [0.2, 0.25) is 0 Å². The zero-order chi connectivity index (χ0) is 16.7. The molecule has 0 radical (unpaired) electrons. The standard InChI is InChI=1S/C19H24FN3O/c1-12(22-15-3-4-15)19(24)23-8-6-13(7-9-23)17-11-21-18-10-14(20)2-5-16(17)18/h2,5,10-13,15,21-22H,3-4,6-9H2,1H3. The molecule has 24 heavy (non-hydrogen) atoms. The van der Waals surface area contributed by atoms with Crippen LogP contribution < -0.4 is 5.32 Å². The Morgan fingerprint density at radius 3 is 2.75 bits per heavy atom. The maximum Gasteiger partial charge on any atom is 0.239 e. The van der Waals surface area contributed by atoms with Crippen molar-refractivity contribution in [1.82, 2.24) is 15.2 Å². The maximum atomic E-state index is 13.3. The van der Waals surface area contributed by atoms with E-state index in [0.717, 1.165) is 36.8 Å². The van der Waals surface area contributed by atoms with E-state index in [-0.39, 0.29) is 17.8 Å². The summed E-state index contributed by atoms with van der Waals surface area (Å²) < 4.78 is 13.3. The number of nitrogens with zero attached hydrogens (tertiary/aromatic N) is 1. The van der Waals surface area contributed by atoms with Crippen molar-refractivity contribution < 1.29 is 9.18 Å². The number of carbonyl (C=O) groups excluding carboxylic acids is 1. The summed E-state index contributed by atoms with van der Waals surface area (Å²) in [4.78, 5) is 17.7. The molecule has 4 nitrogen and oxygen atoms in total. The molecular weight excluding hydrogens is 305 g/mol. The Bertz CT molecular complexity index is 744. The number of H-pyrrole nitrogens is 1. The van der Waals surface area contributed by atoms with Crippen LogP contribution in [-0.4, -0.2) is 41.0 Å². The number of aromatic amines is 1. The number of benzene rings is 1. The maximum absolute atomic E-state index is 13.3. The number of hydrogen-bond acceptors (Lipinski definition) is 2. The minimum Gasteiger partial charge on any atom is -0.361 e. The Hall–Kier alpha value is -1.88. The lowest BCUT2D eigenvalue weighted by Crippen LogP contribution is -2.48. The predicted octanol–water partition coefficient (Wildman–Crippen LogP) is 3.15. The minimum atomic E-state index is -0.214. The highest BCUT2D eigenvalue weighted by Crippen LogP contribution is 2.33. The normalized spacial score (nSPS) is 20.5. The molecule has 2 aromatic rings. The molecule has 2 aliphatic rings. The van der Waals surface area contributed by atoms with Gasteiger partial charge in [0.15, 0.2) is 0 Å². The molecule has 4 rings (SSSR count). The highest BCUT2D eigenvalue weighted by molar-refractivity contribution is 5.84. The number of halogens is 1. The van der Waals surface area contributed by atoms with Crippen molar-refractivity contribution in [3.63, 3.8) is 0 Å². The van der Waals surface area contributed by atoms with E-state index in [1.165, 1.54) is 24.5 Å². The Morgan fingerprint density at radius 1 is 1.29 bits per heavy atom. The number of nitrogens with one attached hydrogen (secondary N) is 2. The van der Waals surface area contributed by atoms with E-state index in [1.807, 2.05) is 24.1 Å². The summed E-state index contributed by atoms with van der Waals surface area (Å²) in [7, 11) is 0. The molecular formula is C19H24FN3O. The second-order valence-electron chi connectivity index (χ2n) is 7.20. The lowest BCUT2D eigenvalue weighted by molar-refractivity contribution is -0.134. The molecule has 1 aliphatic carbocycles. The molecule has 2 N–H and O–H groups in total. The van der Waals surface area contributed by atoms with Crippen molar-refractivity contribution in [2.45, 2.75) is 50.6 Å². The van der Waals surface area contributed by atoms with E-state index in [0.29, 0.717) is 12.0 Å². The van der Waals surface area contributed by atoms with Gasteiger partial charge >= 0.3 is 0 Å². The zero-order valence-electron chi connectivity index (χ0n) is 14.0. The zero-order valence-corrected chi connectivity index (χ0v) is 14.0. The van der Waals surface area contributed by atoms with E-state index < -0.39 is 0 Å². The molecule has 1 amide bonds. The van der Waals surface area contributed by atoms with Gasteiger partial charge in [-0.2, -0.15) is 0 Å². The number of rotatable bonds is 4. The van der Waals surface area contributed by atoms with E-state index in [9.17, 15) is 9.18 Å². The van der Waals surface area contributed by atoms with Gasteiger partial charge in [0.1, 0.15) is 5.82 Å². The van der Waals surface area contributed by atoms with Crippen molar-refractivity contribution in [2.24, 2.45) is 0 Å². The van der Waals surface area contributed by atoms with Crippen LogP contribution in [0.5, 0.6) is 0 Å². The largest absolute Gasteiger partial charge is 0.361 e. The molecule has 0 bridgehead atoms. The second-order valence-corrected chi connectivity index (χ2v) is 7.20. The van der Waals surface area contributed by atoms with Gasteiger partial charge in [-0.25, -0.2) is 4.39 Å². The van der Waals surface area contributed by atoms with E-state index >= 15 is 0 Å². The number of likely N-dealkylation sites (tertiary alicyclic amines) is 1. The molecule has 1 unspecified atom stereocenters. The molecule has 1 saturated carbocycles. The van der Waals surface area contributed by atoms with E-state index in [4.69, 9.17) is 0 Å². The molecule has 1 aromatic carbocycles. The number of hydrogen-bond donors (Lipinski definition) is 2. The molecule has 128 valence electrons. The number of amides is 1. The van der Waals surface area contributed by atoms with Gasteiger partial charge in [-0.15, -0.1) is 0 Å². The van der Waals surface area contributed by atoms with E-state index in [2.05, 4.69) is 10.3 Å². The second kappa shape index (κ2) is 6.20. The van der Waals surface area contributed by atoms with Crippen LogP contribution in [0.4, 0.5) is 4.39 Å². The van der Waals surface area contributed by atoms with Gasteiger partial charge in [0, 0.05) is 36.2 Å². The fourth-order valence-electron chi connectivity index (χ4n) is 3.82. The van der Waals surface area contributed by atoms with E-state index in [1.54, 1.807) is 6.07 Å². The minimum absolute atomic E-state index is 0.0786. The predicted molar refractivity (Wildman–Crippen MR) is 92.4 cm³/mol. The van der Waals surface area contributed by atoms with Crippen LogP contribution in [0.25, 0.3) is 10.9 Å². The van der Waals surface area contributed by atoms with Crippen LogP contribution in [0.3, 0.4) is 0 Å². The molecule has 1 atom stereocenters. The van der Waals surface area contributed by atoms with Gasteiger partial charge in [0.05, 0.1) is 6.04 Å². The Balaban J connectivity index is 1.40. The summed E-state index contributed by atoms with van der Waals surface area (Å²) in [5.41, 5.74) is 2.10. The summed E-state index contributed by atoms with van der Waals surface area (Å²) in [6, 6.07) is 5.39. The molecule has 5 heteroatoms. The molecule has 1 saturated heterocycles. The van der Waals surface area contributed by atoms with Crippen LogP contribution in [-0.2, 0) is 4.79 Å². The van der Waals surface area contributed by atoms with Crippen molar-refractivity contribution in [1.29, 1.82) is 0 Å². The molecule has 1 aromatic heterocycles. The summed E-state index contributed by atoms with van der Waals surface area (Å²) >= 11 is 0. The molecule has 2 fully saturated rings. The van der Waals surface area contributed by atoms with Crippen molar-refractivity contribution in [3.8, 4) is 0 Å². The van der Waals surface area contributed by atoms with Gasteiger partial charge in [0.25, 0.3) is 0 Å². The first kappa shape index (κ1) is 15.6. The van der Waals surface area contributed by atoms with Gasteiger partial charge < -0.3 is 15.2 Å². The third-order valence-electron chi connectivity index (χ3n) is 5.36.